The first-order valence-electron chi connectivity index (χ1n) is 7.81. The molecule has 26 heavy (non-hydrogen) atoms. The predicted octanol–water partition coefficient (Wildman–Crippen LogP) is 0.923. The lowest BCUT2D eigenvalue weighted by atomic mass is 10.1. The Balaban J connectivity index is 2.03. The summed E-state index contributed by atoms with van der Waals surface area (Å²) in [5.41, 5.74) is 2.61. The molecule has 136 valence electrons. The molecule has 0 saturated heterocycles. The molecule has 0 bridgehead atoms. The number of rotatable bonds is 6. The van der Waals surface area contributed by atoms with Crippen molar-refractivity contribution in [1.82, 2.24) is 10.8 Å². The highest BCUT2D eigenvalue weighted by atomic mass is 16.5. The summed E-state index contributed by atoms with van der Waals surface area (Å²) in [7, 11) is 0. The number of aliphatic hydroxyl groups is 1. The number of amides is 3. The maximum Gasteiger partial charge on any atom is 0.268 e. The molecule has 2 aromatic carbocycles. The van der Waals surface area contributed by atoms with Gasteiger partial charge in [-0.15, -0.1) is 0 Å². The molecule has 2 aromatic rings. The quantitative estimate of drug-likeness (QED) is 0.388. The van der Waals surface area contributed by atoms with E-state index in [4.69, 9.17) is 5.21 Å². The summed E-state index contributed by atoms with van der Waals surface area (Å²) in [6.45, 7) is 1.31. The first-order chi connectivity index (χ1) is 12.4. The van der Waals surface area contributed by atoms with Crippen molar-refractivity contribution in [1.29, 1.82) is 0 Å². The van der Waals surface area contributed by atoms with Crippen molar-refractivity contribution in [2.45, 2.75) is 19.1 Å². The third kappa shape index (κ3) is 4.88. The fourth-order valence-corrected chi connectivity index (χ4v) is 2.20. The predicted molar refractivity (Wildman–Crippen MR) is 93.7 cm³/mol. The van der Waals surface area contributed by atoms with Crippen LogP contribution in [0.15, 0.2) is 54.6 Å². The molecule has 2 atom stereocenters. The Morgan fingerprint density at radius 2 is 1.46 bits per heavy atom. The Hall–Kier alpha value is -3.23. The molecule has 3 amide bonds. The third-order valence-corrected chi connectivity index (χ3v) is 3.60. The Morgan fingerprint density at radius 3 is 2.00 bits per heavy atom. The Kier molecular flexibility index (Phi) is 6.42. The Bertz CT molecular complexity index is 775. The average molecular weight is 357 g/mol. The van der Waals surface area contributed by atoms with Gasteiger partial charge in [0.05, 0.1) is 6.10 Å². The van der Waals surface area contributed by atoms with E-state index in [0.29, 0.717) is 11.3 Å². The molecule has 0 aromatic heterocycles. The number of carbonyl (C=O) groups is 3. The van der Waals surface area contributed by atoms with Crippen molar-refractivity contribution in [3.05, 3.63) is 65.7 Å². The maximum absolute atomic E-state index is 12.2. The van der Waals surface area contributed by atoms with Gasteiger partial charge in [0.2, 0.25) is 0 Å². The first kappa shape index (κ1) is 19.1. The van der Waals surface area contributed by atoms with Crippen molar-refractivity contribution in [2.24, 2.45) is 0 Å². The molecule has 0 fully saturated rings. The van der Waals surface area contributed by atoms with Gasteiger partial charge in [-0.05, 0) is 43.3 Å². The van der Waals surface area contributed by atoms with E-state index in [1.165, 1.54) is 24.5 Å². The topological polar surface area (TPSA) is 128 Å². The minimum atomic E-state index is -1.30. The lowest BCUT2D eigenvalue weighted by molar-refractivity contribution is -0.133. The second kappa shape index (κ2) is 8.75. The van der Waals surface area contributed by atoms with Crippen molar-refractivity contribution in [3.8, 4) is 0 Å². The van der Waals surface area contributed by atoms with E-state index in [2.05, 4.69) is 10.6 Å². The van der Waals surface area contributed by atoms with Gasteiger partial charge in [-0.2, -0.15) is 0 Å². The number of carbonyl (C=O) groups excluding carboxylic acids is 3. The van der Waals surface area contributed by atoms with E-state index in [1.54, 1.807) is 36.4 Å². The molecule has 0 radical (unpaired) electrons. The molecule has 8 nitrogen and oxygen atoms in total. The van der Waals surface area contributed by atoms with Crippen LogP contribution in [-0.2, 0) is 4.79 Å². The molecule has 2 rings (SSSR count). The summed E-state index contributed by atoms with van der Waals surface area (Å²) < 4.78 is 0. The molecule has 8 heteroatoms. The summed E-state index contributed by atoms with van der Waals surface area (Å²) in [6, 6.07) is 13.4. The lowest BCUT2D eigenvalue weighted by Gasteiger charge is -2.19. The summed E-state index contributed by atoms with van der Waals surface area (Å²) in [4.78, 5) is 35.7. The molecule has 0 spiro atoms. The molecule has 5 N–H and O–H groups in total. The van der Waals surface area contributed by atoms with Crippen LogP contribution >= 0.6 is 0 Å². The molecular formula is C18H19N3O5. The third-order valence-electron chi connectivity index (χ3n) is 3.60. The van der Waals surface area contributed by atoms with Crippen molar-refractivity contribution < 1.29 is 24.7 Å². The van der Waals surface area contributed by atoms with Gasteiger partial charge in [0.15, 0.2) is 0 Å². The van der Waals surface area contributed by atoms with E-state index in [1.807, 2.05) is 6.07 Å². The van der Waals surface area contributed by atoms with Gasteiger partial charge in [0.25, 0.3) is 17.7 Å². The fourth-order valence-electron chi connectivity index (χ4n) is 2.20. The number of aliphatic hydroxyl groups excluding tert-OH is 1. The molecule has 2 unspecified atom stereocenters. The minimum absolute atomic E-state index is 0.221. The molecule has 0 aliphatic heterocycles. The van der Waals surface area contributed by atoms with Crippen LogP contribution in [0.25, 0.3) is 0 Å². The van der Waals surface area contributed by atoms with Crippen LogP contribution in [0.2, 0.25) is 0 Å². The van der Waals surface area contributed by atoms with Gasteiger partial charge in [-0.1, -0.05) is 18.2 Å². The van der Waals surface area contributed by atoms with Crippen LogP contribution < -0.4 is 16.1 Å². The van der Waals surface area contributed by atoms with E-state index < -0.39 is 24.0 Å². The number of hydroxylamine groups is 1. The smallest absolute Gasteiger partial charge is 0.268 e. The summed E-state index contributed by atoms with van der Waals surface area (Å²) in [5, 5.41) is 23.2. The molecular weight excluding hydrogens is 338 g/mol. The van der Waals surface area contributed by atoms with Gasteiger partial charge in [0.1, 0.15) is 6.04 Å². The highest BCUT2D eigenvalue weighted by Gasteiger charge is 2.25. The zero-order valence-electron chi connectivity index (χ0n) is 14.0. The highest BCUT2D eigenvalue weighted by molar-refractivity contribution is 6.04. The van der Waals surface area contributed by atoms with Gasteiger partial charge < -0.3 is 15.7 Å². The number of nitrogens with one attached hydrogen (secondary N) is 3. The molecule has 0 heterocycles. The molecule has 0 aliphatic carbocycles. The minimum Gasteiger partial charge on any atom is -0.391 e. The maximum atomic E-state index is 12.2. The van der Waals surface area contributed by atoms with Gasteiger partial charge in [-0.25, -0.2) is 5.48 Å². The van der Waals surface area contributed by atoms with Crippen molar-refractivity contribution in [2.75, 3.05) is 5.32 Å². The number of hydrogen-bond donors (Lipinski definition) is 5. The molecule has 0 saturated carbocycles. The van der Waals surface area contributed by atoms with E-state index >= 15 is 0 Å². The van der Waals surface area contributed by atoms with Crippen LogP contribution in [0.5, 0.6) is 0 Å². The van der Waals surface area contributed by atoms with Crippen LogP contribution in [0.3, 0.4) is 0 Å². The molecule has 0 aliphatic rings. The normalized spacial score (nSPS) is 12.6. The summed E-state index contributed by atoms with van der Waals surface area (Å²) in [5.74, 6) is -1.82. The number of benzene rings is 2. The number of anilines is 1. The average Bonchev–Trinajstić information content (AvgIpc) is 2.66. The van der Waals surface area contributed by atoms with E-state index in [-0.39, 0.29) is 11.5 Å². The van der Waals surface area contributed by atoms with Crippen LogP contribution in [0.1, 0.15) is 27.6 Å². The summed E-state index contributed by atoms with van der Waals surface area (Å²) in [6.07, 6.45) is -1.20. The fraction of sp³-hybridized carbons (Fsp3) is 0.167. The second-order valence-corrected chi connectivity index (χ2v) is 5.57. The van der Waals surface area contributed by atoms with Crippen molar-refractivity contribution >= 4 is 23.4 Å². The van der Waals surface area contributed by atoms with Crippen LogP contribution in [0, 0.1) is 0 Å². The van der Waals surface area contributed by atoms with Crippen LogP contribution in [-0.4, -0.2) is 40.2 Å². The largest absolute Gasteiger partial charge is 0.391 e. The Morgan fingerprint density at radius 1 is 0.885 bits per heavy atom. The van der Waals surface area contributed by atoms with Gasteiger partial charge >= 0.3 is 0 Å². The Labute approximate surface area is 149 Å². The van der Waals surface area contributed by atoms with Crippen LogP contribution in [0.4, 0.5) is 5.69 Å². The van der Waals surface area contributed by atoms with E-state index in [9.17, 15) is 19.5 Å². The van der Waals surface area contributed by atoms with Gasteiger partial charge in [-0.3, -0.25) is 19.6 Å². The summed E-state index contributed by atoms with van der Waals surface area (Å²) >= 11 is 0. The zero-order valence-corrected chi connectivity index (χ0v) is 14.0. The lowest BCUT2D eigenvalue weighted by Crippen LogP contribution is -2.51. The SMILES string of the molecule is CC(O)C(NC(=O)c1ccc(NC(=O)c2ccccc2)cc1)C(=O)NO. The van der Waals surface area contributed by atoms with Crippen molar-refractivity contribution in [3.63, 3.8) is 0 Å². The highest BCUT2D eigenvalue weighted by Crippen LogP contribution is 2.12. The number of hydrogen-bond acceptors (Lipinski definition) is 5. The second-order valence-electron chi connectivity index (χ2n) is 5.57. The first-order valence-corrected chi connectivity index (χ1v) is 7.81. The monoisotopic (exact) mass is 357 g/mol. The van der Waals surface area contributed by atoms with E-state index in [0.717, 1.165) is 0 Å². The standard InChI is InChI=1S/C18H19N3O5/c1-11(22)15(18(25)21-26)20-17(24)13-7-9-14(10-8-13)19-16(23)12-5-3-2-4-6-12/h2-11,15,22,26H,1H3,(H,19,23)(H,20,24)(H,21,25). The van der Waals surface area contributed by atoms with Gasteiger partial charge in [0, 0.05) is 16.8 Å². The zero-order chi connectivity index (χ0) is 19.1.